The zero-order valence-electron chi connectivity index (χ0n) is 10.3. The SMILES string of the molecule is CCCC1CC1n1nnnc1CNC(C)C. The minimum absolute atomic E-state index is 0.468. The predicted octanol–water partition coefficient (Wildman–Crippen LogP) is 1.53. The molecule has 5 nitrogen and oxygen atoms in total. The molecule has 1 aliphatic rings. The first kappa shape index (κ1) is 11.5. The molecule has 5 heteroatoms. The summed E-state index contributed by atoms with van der Waals surface area (Å²) in [5.41, 5.74) is 0. The Kier molecular flexibility index (Phi) is 3.53. The lowest BCUT2D eigenvalue weighted by atomic mass is 10.2. The molecule has 16 heavy (non-hydrogen) atoms. The molecule has 2 rings (SSSR count). The van der Waals surface area contributed by atoms with E-state index in [9.17, 15) is 0 Å². The molecular formula is C11H21N5. The molecule has 0 bridgehead atoms. The summed E-state index contributed by atoms with van der Waals surface area (Å²) in [6.45, 7) is 7.26. The van der Waals surface area contributed by atoms with Crippen molar-refractivity contribution in [3.63, 3.8) is 0 Å². The third-order valence-electron chi connectivity index (χ3n) is 3.09. The van der Waals surface area contributed by atoms with Crippen molar-refractivity contribution in [2.45, 2.75) is 58.7 Å². The van der Waals surface area contributed by atoms with Crippen molar-refractivity contribution < 1.29 is 0 Å². The number of hydrogen-bond donors (Lipinski definition) is 1. The standard InChI is InChI=1S/C11H21N5/c1-4-5-9-6-10(9)16-11(13-14-15-16)7-12-8(2)3/h8-10,12H,4-7H2,1-3H3. The van der Waals surface area contributed by atoms with Gasteiger partial charge in [0.25, 0.3) is 0 Å². The molecule has 0 amide bonds. The van der Waals surface area contributed by atoms with Crippen molar-refractivity contribution in [3.8, 4) is 0 Å². The molecule has 1 N–H and O–H groups in total. The second-order valence-electron chi connectivity index (χ2n) is 4.93. The maximum atomic E-state index is 4.10. The second-order valence-corrected chi connectivity index (χ2v) is 4.93. The van der Waals surface area contributed by atoms with Crippen molar-refractivity contribution in [1.82, 2.24) is 25.5 Å². The lowest BCUT2D eigenvalue weighted by Gasteiger charge is -2.08. The summed E-state index contributed by atoms with van der Waals surface area (Å²) in [6, 6.07) is 1.02. The van der Waals surface area contributed by atoms with Crippen molar-refractivity contribution in [3.05, 3.63) is 5.82 Å². The quantitative estimate of drug-likeness (QED) is 0.794. The number of nitrogens with zero attached hydrogens (tertiary/aromatic N) is 4. The van der Waals surface area contributed by atoms with E-state index in [4.69, 9.17) is 0 Å². The first-order chi connectivity index (χ1) is 7.72. The van der Waals surface area contributed by atoms with Gasteiger partial charge in [0, 0.05) is 6.04 Å². The van der Waals surface area contributed by atoms with Crippen LogP contribution in [0.15, 0.2) is 0 Å². The third kappa shape index (κ3) is 2.58. The monoisotopic (exact) mass is 223 g/mol. The molecule has 0 radical (unpaired) electrons. The molecule has 0 aliphatic heterocycles. The fourth-order valence-corrected chi connectivity index (χ4v) is 2.09. The second kappa shape index (κ2) is 4.91. The van der Waals surface area contributed by atoms with E-state index < -0.39 is 0 Å². The Bertz CT molecular complexity index is 333. The van der Waals surface area contributed by atoms with E-state index in [2.05, 4.69) is 41.6 Å². The third-order valence-corrected chi connectivity index (χ3v) is 3.09. The van der Waals surface area contributed by atoms with Gasteiger partial charge in [0.05, 0.1) is 12.6 Å². The van der Waals surface area contributed by atoms with Gasteiger partial charge in [-0.05, 0) is 29.2 Å². The zero-order valence-corrected chi connectivity index (χ0v) is 10.3. The smallest absolute Gasteiger partial charge is 0.165 e. The van der Waals surface area contributed by atoms with Gasteiger partial charge < -0.3 is 5.32 Å². The minimum Gasteiger partial charge on any atom is -0.308 e. The van der Waals surface area contributed by atoms with Crippen LogP contribution in [0.25, 0.3) is 0 Å². The van der Waals surface area contributed by atoms with Crippen LogP contribution < -0.4 is 5.32 Å². The molecule has 1 aromatic heterocycles. The van der Waals surface area contributed by atoms with Gasteiger partial charge in [-0.15, -0.1) is 5.10 Å². The molecule has 0 spiro atoms. The lowest BCUT2D eigenvalue weighted by molar-refractivity contribution is 0.497. The Balaban J connectivity index is 1.93. The Morgan fingerprint density at radius 2 is 2.31 bits per heavy atom. The maximum absolute atomic E-state index is 4.10. The number of rotatable bonds is 6. The van der Waals surface area contributed by atoms with Crippen LogP contribution >= 0.6 is 0 Å². The molecule has 2 unspecified atom stereocenters. The molecule has 1 heterocycles. The van der Waals surface area contributed by atoms with Crippen molar-refractivity contribution in [2.75, 3.05) is 0 Å². The highest BCUT2D eigenvalue weighted by atomic mass is 15.6. The summed E-state index contributed by atoms with van der Waals surface area (Å²) in [5, 5.41) is 15.3. The van der Waals surface area contributed by atoms with E-state index >= 15 is 0 Å². The van der Waals surface area contributed by atoms with Crippen LogP contribution in [0.4, 0.5) is 0 Å². The summed E-state index contributed by atoms with van der Waals surface area (Å²) in [4.78, 5) is 0. The Morgan fingerprint density at radius 3 is 3.00 bits per heavy atom. The lowest BCUT2D eigenvalue weighted by Crippen LogP contribution is -2.24. The molecule has 1 aliphatic carbocycles. The maximum Gasteiger partial charge on any atom is 0.165 e. The van der Waals surface area contributed by atoms with E-state index in [1.165, 1.54) is 19.3 Å². The Morgan fingerprint density at radius 1 is 1.50 bits per heavy atom. The van der Waals surface area contributed by atoms with Gasteiger partial charge in [-0.1, -0.05) is 27.2 Å². The van der Waals surface area contributed by atoms with Crippen LogP contribution in [-0.2, 0) is 6.54 Å². The molecule has 1 saturated carbocycles. The van der Waals surface area contributed by atoms with Crippen molar-refractivity contribution >= 4 is 0 Å². The molecule has 2 atom stereocenters. The summed E-state index contributed by atoms with van der Waals surface area (Å²) < 4.78 is 2.01. The topological polar surface area (TPSA) is 55.6 Å². The van der Waals surface area contributed by atoms with Gasteiger partial charge in [0.15, 0.2) is 5.82 Å². The number of nitrogens with one attached hydrogen (secondary N) is 1. The first-order valence-corrected chi connectivity index (χ1v) is 6.22. The van der Waals surface area contributed by atoms with Crippen LogP contribution in [0.5, 0.6) is 0 Å². The van der Waals surface area contributed by atoms with E-state index in [1.807, 2.05) is 4.68 Å². The van der Waals surface area contributed by atoms with Crippen molar-refractivity contribution in [1.29, 1.82) is 0 Å². The number of hydrogen-bond acceptors (Lipinski definition) is 4. The molecule has 90 valence electrons. The molecule has 0 saturated heterocycles. The van der Waals surface area contributed by atoms with Gasteiger partial charge in [0.2, 0.25) is 0 Å². The normalized spacial score (nSPS) is 24.0. The predicted molar refractivity (Wildman–Crippen MR) is 61.8 cm³/mol. The minimum atomic E-state index is 0.468. The zero-order chi connectivity index (χ0) is 11.5. The summed E-state index contributed by atoms with van der Waals surface area (Å²) in [5.74, 6) is 1.77. The molecule has 0 aromatic carbocycles. The highest BCUT2D eigenvalue weighted by Gasteiger charge is 2.40. The fourth-order valence-electron chi connectivity index (χ4n) is 2.09. The molecule has 1 fully saturated rings. The van der Waals surface area contributed by atoms with E-state index in [1.54, 1.807) is 0 Å². The Labute approximate surface area is 96.6 Å². The van der Waals surface area contributed by atoms with E-state index in [0.29, 0.717) is 12.1 Å². The van der Waals surface area contributed by atoms with Gasteiger partial charge in [0.1, 0.15) is 0 Å². The molecular weight excluding hydrogens is 202 g/mol. The number of tetrazole rings is 1. The van der Waals surface area contributed by atoms with E-state index in [0.717, 1.165) is 18.3 Å². The average Bonchev–Trinajstić information content (AvgIpc) is 2.85. The highest BCUT2D eigenvalue weighted by Crippen LogP contribution is 2.46. The van der Waals surface area contributed by atoms with Crippen LogP contribution in [-0.4, -0.2) is 26.2 Å². The Hall–Kier alpha value is -0.970. The average molecular weight is 223 g/mol. The van der Waals surface area contributed by atoms with Crippen LogP contribution in [0.1, 0.15) is 51.9 Å². The number of aromatic nitrogens is 4. The van der Waals surface area contributed by atoms with Gasteiger partial charge in [-0.3, -0.25) is 0 Å². The van der Waals surface area contributed by atoms with E-state index in [-0.39, 0.29) is 0 Å². The van der Waals surface area contributed by atoms with Gasteiger partial charge in [-0.2, -0.15) is 0 Å². The first-order valence-electron chi connectivity index (χ1n) is 6.22. The fraction of sp³-hybridized carbons (Fsp3) is 0.909. The van der Waals surface area contributed by atoms with Crippen LogP contribution in [0.2, 0.25) is 0 Å². The summed E-state index contributed by atoms with van der Waals surface area (Å²) >= 11 is 0. The van der Waals surface area contributed by atoms with Crippen molar-refractivity contribution in [2.24, 2.45) is 5.92 Å². The van der Waals surface area contributed by atoms with Gasteiger partial charge in [-0.25, -0.2) is 4.68 Å². The van der Waals surface area contributed by atoms with Crippen LogP contribution in [0, 0.1) is 5.92 Å². The summed E-state index contributed by atoms with van der Waals surface area (Å²) in [7, 11) is 0. The summed E-state index contributed by atoms with van der Waals surface area (Å²) in [6.07, 6.45) is 3.79. The van der Waals surface area contributed by atoms with Crippen LogP contribution in [0.3, 0.4) is 0 Å². The highest BCUT2D eigenvalue weighted by molar-refractivity contribution is 4.95. The van der Waals surface area contributed by atoms with Gasteiger partial charge >= 0.3 is 0 Å². The largest absolute Gasteiger partial charge is 0.308 e. The molecule has 1 aromatic rings.